The summed E-state index contributed by atoms with van der Waals surface area (Å²) in [5, 5.41) is 2.96. The smallest absolute Gasteiger partial charge is 0.408 e. The van der Waals surface area contributed by atoms with Gasteiger partial charge in [0.15, 0.2) is 5.58 Å². The zero-order valence-electron chi connectivity index (χ0n) is 13.2. The number of carbonyl (C=O) groups is 1. The molecule has 7 heteroatoms. The fraction of sp³-hybridized carbons (Fsp3) is 0.500. The second kappa shape index (κ2) is 6.97. The minimum atomic E-state index is -0.332. The molecule has 0 radical (unpaired) electrons. The number of benzene rings is 1. The van der Waals surface area contributed by atoms with Crippen molar-refractivity contribution in [3.8, 4) is 0 Å². The SMILES string of the molecule is COCC(=O)NC1CCN(Cn2c(=O)oc3ccccc32)CC1. The zero-order valence-corrected chi connectivity index (χ0v) is 13.2. The molecule has 1 N–H and O–H groups in total. The number of likely N-dealkylation sites (tertiary alicyclic amines) is 1. The van der Waals surface area contributed by atoms with E-state index >= 15 is 0 Å². The number of para-hydroxylation sites is 2. The van der Waals surface area contributed by atoms with E-state index in [2.05, 4.69) is 10.2 Å². The molecular weight excluding hydrogens is 298 g/mol. The maximum absolute atomic E-state index is 12.0. The fourth-order valence-corrected chi connectivity index (χ4v) is 2.97. The molecule has 2 aromatic rings. The van der Waals surface area contributed by atoms with Gasteiger partial charge in [-0.2, -0.15) is 0 Å². The lowest BCUT2D eigenvalue weighted by molar-refractivity contribution is -0.125. The Labute approximate surface area is 133 Å². The van der Waals surface area contributed by atoms with Crippen molar-refractivity contribution in [3.05, 3.63) is 34.8 Å². The summed E-state index contributed by atoms with van der Waals surface area (Å²) in [6.45, 7) is 2.25. The standard InChI is InChI=1S/C16H21N3O4/c1-22-10-15(20)17-12-6-8-18(9-7-12)11-19-13-4-2-3-5-14(13)23-16(19)21/h2-5,12H,6-11H2,1H3,(H,17,20). The van der Waals surface area contributed by atoms with Gasteiger partial charge < -0.3 is 14.5 Å². The van der Waals surface area contributed by atoms with E-state index in [1.165, 1.54) is 7.11 Å². The number of amides is 1. The van der Waals surface area contributed by atoms with Crippen LogP contribution in [0.3, 0.4) is 0 Å². The number of rotatable bonds is 5. The molecule has 0 aliphatic carbocycles. The van der Waals surface area contributed by atoms with E-state index in [4.69, 9.17) is 9.15 Å². The Morgan fingerprint density at radius 3 is 2.83 bits per heavy atom. The largest absolute Gasteiger partial charge is 0.421 e. The first kappa shape index (κ1) is 15.8. The minimum Gasteiger partial charge on any atom is -0.408 e. The van der Waals surface area contributed by atoms with Crippen LogP contribution in [0.15, 0.2) is 33.5 Å². The summed E-state index contributed by atoms with van der Waals surface area (Å²) >= 11 is 0. The third-order valence-electron chi connectivity index (χ3n) is 4.14. The van der Waals surface area contributed by atoms with Crippen molar-refractivity contribution < 1.29 is 13.9 Å². The number of carbonyl (C=O) groups excluding carboxylic acids is 1. The highest BCUT2D eigenvalue weighted by Gasteiger charge is 2.22. The maximum atomic E-state index is 12.0. The lowest BCUT2D eigenvalue weighted by Crippen LogP contribution is -2.46. The molecule has 7 nitrogen and oxygen atoms in total. The molecule has 0 spiro atoms. The number of hydrogen-bond donors (Lipinski definition) is 1. The summed E-state index contributed by atoms with van der Waals surface area (Å²) < 4.78 is 11.7. The molecular formula is C16H21N3O4. The summed E-state index contributed by atoms with van der Waals surface area (Å²) in [5.41, 5.74) is 1.42. The van der Waals surface area contributed by atoms with Crippen LogP contribution in [0.5, 0.6) is 0 Å². The van der Waals surface area contributed by atoms with Gasteiger partial charge in [-0.15, -0.1) is 0 Å². The Balaban J connectivity index is 1.59. The number of nitrogens with one attached hydrogen (secondary N) is 1. The van der Waals surface area contributed by atoms with Crippen molar-refractivity contribution in [1.82, 2.24) is 14.8 Å². The number of oxazole rings is 1. The molecule has 1 aromatic carbocycles. The molecule has 23 heavy (non-hydrogen) atoms. The highest BCUT2D eigenvalue weighted by Crippen LogP contribution is 2.15. The predicted octanol–water partition coefficient (Wildman–Crippen LogP) is 0.779. The number of aromatic nitrogens is 1. The normalized spacial score (nSPS) is 16.7. The molecule has 0 atom stereocenters. The van der Waals surface area contributed by atoms with Crippen molar-refractivity contribution in [2.75, 3.05) is 26.8 Å². The molecule has 1 aliphatic rings. The third-order valence-corrected chi connectivity index (χ3v) is 4.14. The van der Waals surface area contributed by atoms with Crippen molar-refractivity contribution in [2.24, 2.45) is 0 Å². The van der Waals surface area contributed by atoms with Gasteiger partial charge in [0.05, 0.1) is 12.2 Å². The van der Waals surface area contributed by atoms with Crippen molar-refractivity contribution in [1.29, 1.82) is 0 Å². The quantitative estimate of drug-likeness (QED) is 0.881. The number of nitrogens with zero attached hydrogens (tertiary/aromatic N) is 2. The maximum Gasteiger partial charge on any atom is 0.421 e. The predicted molar refractivity (Wildman–Crippen MR) is 85.1 cm³/mol. The van der Waals surface area contributed by atoms with Crippen LogP contribution in [-0.2, 0) is 16.2 Å². The average molecular weight is 319 g/mol. The Morgan fingerprint density at radius 1 is 1.35 bits per heavy atom. The van der Waals surface area contributed by atoms with E-state index in [0.29, 0.717) is 12.3 Å². The van der Waals surface area contributed by atoms with Gasteiger partial charge >= 0.3 is 5.76 Å². The monoisotopic (exact) mass is 319 g/mol. The second-order valence-corrected chi connectivity index (χ2v) is 5.80. The molecule has 124 valence electrons. The van der Waals surface area contributed by atoms with E-state index in [9.17, 15) is 9.59 Å². The van der Waals surface area contributed by atoms with Crippen molar-refractivity contribution in [2.45, 2.75) is 25.6 Å². The van der Waals surface area contributed by atoms with Crippen LogP contribution in [0.2, 0.25) is 0 Å². The van der Waals surface area contributed by atoms with E-state index in [0.717, 1.165) is 31.4 Å². The van der Waals surface area contributed by atoms with Gasteiger partial charge in [0, 0.05) is 26.2 Å². The number of fused-ring (bicyclic) bond motifs is 1. The number of methoxy groups -OCH3 is 1. The molecule has 1 amide bonds. The highest BCUT2D eigenvalue weighted by atomic mass is 16.5. The van der Waals surface area contributed by atoms with Gasteiger partial charge in [-0.25, -0.2) is 4.79 Å². The Bertz CT molecular complexity index is 728. The van der Waals surface area contributed by atoms with E-state index in [1.54, 1.807) is 10.6 Å². The van der Waals surface area contributed by atoms with Gasteiger partial charge in [0.1, 0.15) is 6.61 Å². The van der Waals surface area contributed by atoms with Crippen LogP contribution < -0.4 is 11.1 Å². The first-order valence-corrected chi connectivity index (χ1v) is 7.76. The van der Waals surface area contributed by atoms with E-state index in [-0.39, 0.29) is 24.3 Å². The van der Waals surface area contributed by atoms with E-state index < -0.39 is 0 Å². The Morgan fingerprint density at radius 2 is 2.09 bits per heavy atom. The molecule has 0 bridgehead atoms. The average Bonchev–Trinajstić information content (AvgIpc) is 2.85. The van der Waals surface area contributed by atoms with Crippen LogP contribution in [0, 0.1) is 0 Å². The van der Waals surface area contributed by atoms with Gasteiger partial charge in [-0.1, -0.05) is 12.1 Å². The topological polar surface area (TPSA) is 76.7 Å². The number of ether oxygens (including phenoxy) is 1. The summed E-state index contributed by atoms with van der Waals surface area (Å²) in [6, 6.07) is 7.60. The van der Waals surface area contributed by atoms with Crippen molar-refractivity contribution in [3.63, 3.8) is 0 Å². The first-order valence-electron chi connectivity index (χ1n) is 7.76. The summed E-state index contributed by atoms with van der Waals surface area (Å²) in [6.07, 6.45) is 1.72. The third kappa shape index (κ3) is 3.62. The molecule has 1 aromatic heterocycles. The van der Waals surface area contributed by atoms with Gasteiger partial charge in [-0.05, 0) is 25.0 Å². The van der Waals surface area contributed by atoms with Gasteiger partial charge in [0.2, 0.25) is 5.91 Å². The highest BCUT2D eigenvalue weighted by molar-refractivity contribution is 5.77. The van der Waals surface area contributed by atoms with Gasteiger partial charge in [-0.3, -0.25) is 14.3 Å². The van der Waals surface area contributed by atoms with E-state index in [1.807, 2.05) is 18.2 Å². The minimum absolute atomic E-state index is 0.0806. The summed E-state index contributed by atoms with van der Waals surface area (Å²) in [7, 11) is 1.51. The molecule has 2 heterocycles. The molecule has 0 unspecified atom stereocenters. The van der Waals surface area contributed by atoms with Crippen LogP contribution in [0.4, 0.5) is 0 Å². The van der Waals surface area contributed by atoms with Crippen LogP contribution in [0.1, 0.15) is 12.8 Å². The number of hydrogen-bond acceptors (Lipinski definition) is 5. The summed E-state index contributed by atoms with van der Waals surface area (Å²) in [5.74, 6) is -0.412. The first-order chi connectivity index (χ1) is 11.2. The Hall–Kier alpha value is -2.12. The number of piperidine rings is 1. The second-order valence-electron chi connectivity index (χ2n) is 5.80. The van der Waals surface area contributed by atoms with Crippen LogP contribution in [0.25, 0.3) is 11.1 Å². The fourth-order valence-electron chi connectivity index (χ4n) is 2.97. The summed E-state index contributed by atoms with van der Waals surface area (Å²) in [4.78, 5) is 25.7. The van der Waals surface area contributed by atoms with Crippen LogP contribution >= 0.6 is 0 Å². The van der Waals surface area contributed by atoms with Crippen molar-refractivity contribution >= 4 is 17.0 Å². The lowest BCUT2D eigenvalue weighted by Gasteiger charge is -2.32. The van der Waals surface area contributed by atoms with Crippen LogP contribution in [-0.4, -0.2) is 48.2 Å². The zero-order chi connectivity index (χ0) is 16.2. The Kier molecular flexibility index (Phi) is 4.78. The molecule has 1 saturated heterocycles. The van der Waals surface area contributed by atoms with Gasteiger partial charge in [0.25, 0.3) is 0 Å². The molecule has 1 aliphatic heterocycles. The lowest BCUT2D eigenvalue weighted by atomic mass is 10.1. The molecule has 1 fully saturated rings. The molecule has 0 saturated carbocycles. The molecule has 3 rings (SSSR count).